The van der Waals surface area contributed by atoms with E-state index in [0.717, 1.165) is 31.5 Å². The van der Waals surface area contributed by atoms with Gasteiger partial charge in [-0.3, -0.25) is 9.69 Å². The van der Waals surface area contributed by atoms with Crippen LogP contribution in [0.2, 0.25) is 0 Å². The molecule has 1 saturated heterocycles. The van der Waals surface area contributed by atoms with E-state index in [1.54, 1.807) is 0 Å². The molecular formula is C14H19FN2O. The second kappa shape index (κ2) is 5.48. The van der Waals surface area contributed by atoms with Crippen LogP contribution < -0.4 is 5.73 Å². The number of hydrogen-bond acceptors (Lipinski definition) is 2. The molecule has 2 rings (SSSR count). The average molecular weight is 250 g/mol. The predicted molar refractivity (Wildman–Crippen MR) is 68.3 cm³/mol. The van der Waals surface area contributed by atoms with Gasteiger partial charge in [0.2, 0.25) is 5.91 Å². The lowest BCUT2D eigenvalue weighted by atomic mass is 9.94. The minimum atomic E-state index is -0.210. The number of nitrogens with zero attached hydrogens (tertiary/aromatic N) is 1. The van der Waals surface area contributed by atoms with E-state index < -0.39 is 0 Å². The molecule has 18 heavy (non-hydrogen) atoms. The van der Waals surface area contributed by atoms with Crippen LogP contribution in [0.25, 0.3) is 0 Å². The van der Waals surface area contributed by atoms with Gasteiger partial charge in [-0.2, -0.15) is 0 Å². The summed E-state index contributed by atoms with van der Waals surface area (Å²) in [7, 11) is 0. The van der Waals surface area contributed by atoms with Crippen molar-refractivity contribution in [2.75, 3.05) is 13.1 Å². The lowest BCUT2D eigenvalue weighted by Gasteiger charge is -2.35. The number of halogens is 1. The topological polar surface area (TPSA) is 46.3 Å². The molecule has 0 aliphatic carbocycles. The van der Waals surface area contributed by atoms with Gasteiger partial charge in [0.15, 0.2) is 0 Å². The summed E-state index contributed by atoms with van der Waals surface area (Å²) in [6.45, 7) is 3.84. The molecule has 98 valence electrons. The Bertz CT molecular complexity index is 410. The highest BCUT2D eigenvalue weighted by atomic mass is 19.1. The molecule has 0 bridgehead atoms. The van der Waals surface area contributed by atoms with E-state index in [1.807, 2.05) is 12.1 Å². The Kier molecular flexibility index (Phi) is 3.97. The maximum absolute atomic E-state index is 12.9. The van der Waals surface area contributed by atoms with E-state index >= 15 is 0 Å². The number of hydrogen-bond donors (Lipinski definition) is 1. The molecule has 1 aliphatic heterocycles. The number of primary amides is 1. The van der Waals surface area contributed by atoms with Crippen molar-refractivity contribution in [1.29, 1.82) is 0 Å². The van der Waals surface area contributed by atoms with Crippen molar-refractivity contribution in [3.63, 3.8) is 0 Å². The van der Waals surface area contributed by atoms with Crippen molar-refractivity contribution in [2.45, 2.75) is 25.8 Å². The molecule has 0 radical (unpaired) electrons. The van der Waals surface area contributed by atoms with Gasteiger partial charge in [-0.1, -0.05) is 12.1 Å². The Morgan fingerprint density at radius 1 is 1.33 bits per heavy atom. The number of rotatable bonds is 3. The van der Waals surface area contributed by atoms with E-state index in [1.165, 1.54) is 12.1 Å². The fourth-order valence-corrected chi connectivity index (χ4v) is 2.52. The molecule has 0 spiro atoms. The van der Waals surface area contributed by atoms with Crippen LogP contribution in [0, 0.1) is 11.7 Å². The second-order valence-electron chi connectivity index (χ2n) is 4.94. The third-order valence-electron chi connectivity index (χ3n) is 3.83. The van der Waals surface area contributed by atoms with Crippen molar-refractivity contribution in [2.24, 2.45) is 11.7 Å². The first-order chi connectivity index (χ1) is 8.58. The smallest absolute Gasteiger partial charge is 0.220 e. The third-order valence-corrected chi connectivity index (χ3v) is 3.83. The second-order valence-corrected chi connectivity index (χ2v) is 4.94. The molecule has 1 aliphatic rings. The van der Waals surface area contributed by atoms with Gasteiger partial charge in [0.1, 0.15) is 5.82 Å². The first kappa shape index (κ1) is 13.0. The molecule has 0 unspecified atom stereocenters. The predicted octanol–water partition coefficient (Wildman–Crippen LogP) is 2.08. The number of benzene rings is 1. The maximum atomic E-state index is 12.9. The average Bonchev–Trinajstić information content (AvgIpc) is 2.39. The zero-order chi connectivity index (χ0) is 13.1. The summed E-state index contributed by atoms with van der Waals surface area (Å²) in [5.74, 6) is -0.385. The lowest BCUT2D eigenvalue weighted by Crippen LogP contribution is -2.39. The van der Waals surface area contributed by atoms with E-state index in [9.17, 15) is 9.18 Å². The Balaban J connectivity index is 1.97. The number of carbonyl (C=O) groups is 1. The first-order valence-electron chi connectivity index (χ1n) is 6.37. The molecule has 4 heteroatoms. The van der Waals surface area contributed by atoms with Gasteiger partial charge in [0, 0.05) is 12.0 Å². The summed E-state index contributed by atoms with van der Waals surface area (Å²) >= 11 is 0. The molecular weight excluding hydrogens is 231 g/mol. The molecule has 0 saturated carbocycles. The standard InChI is InChI=1S/C14H19FN2O/c1-10(11-2-4-13(15)5-3-11)17-8-6-12(7-9-17)14(16)18/h2-5,10,12H,6-9H2,1H3,(H2,16,18)/t10-/m0/s1. The molecule has 0 aromatic heterocycles. The fourth-order valence-electron chi connectivity index (χ4n) is 2.52. The van der Waals surface area contributed by atoms with Crippen LogP contribution in [-0.4, -0.2) is 23.9 Å². The molecule has 1 aromatic rings. The highest BCUT2D eigenvalue weighted by Crippen LogP contribution is 2.26. The fraction of sp³-hybridized carbons (Fsp3) is 0.500. The monoisotopic (exact) mass is 250 g/mol. The van der Waals surface area contributed by atoms with Crippen molar-refractivity contribution < 1.29 is 9.18 Å². The molecule has 1 amide bonds. The van der Waals surface area contributed by atoms with E-state index in [2.05, 4.69) is 11.8 Å². The Labute approximate surface area is 107 Å². The van der Waals surface area contributed by atoms with Gasteiger partial charge < -0.3 is 5.73 Å². The van der Waals surface area contributed by atoms with Gasteiger partial charge >= 0.3 is 0 Å². The Hall–Kier alpha value is -1.42. The molecule has 3 nitrogen and oxygen atoms in total. The molecule has 2 N–H and O–H groups in total. The van der Waals surface area contributed by atoms with Crippen LogP contribution in [0.1, 0.15) is 31.4 Å². The normalized spacial score (nSPS) is 19.7. The quantitative estimate of drug-likeness (QED) is 0.892. The van der Waals surface area contributed by atoms with Gasteiger partial charge in [0.25, 0.3) is 0 Å². The summed E-state index contributed by atoms with van der Waals surface area (Å²) < 4.78 is 12.9. The van der Waals surface area contributed by atoms with Crippen molar-refractivity contribution in [1.82, 2.24) is 4.90 Å². The highest BCUT2D eigenvalue weighted by Gasteiger charge is 2.26. The number of carbonyl (C=O) groups excluding carboxylic acids is 1. The van der Waals surface area contributed by atoms with Gasteiger partial charge in [-0.05, 0) is 50.6 Å². The van der Waals surface area contributed by atoms with Gasteiger partial charge in [-0.25, -0.2) is 4.39 Å². The largest absolute Gasteiger partial charge is 0.369 e. The lowest BCUT2D eigenvalue weighted by molar-refractivity contribution is -0.123. The Morgan fingerprint density at radius 2 is 1.89 bits per heavy atom. The summed E-state index contributed by atoms with van der Waals surface area (Å²) in [6, 6.07) is 6.86. The van der Waals surface area contributed by atoms with E-state index in [0.29, 0.717) is 0 Å². The van der Waals surface area contributed by atoms with Crippen LogP contribution in [0.15, 0.2) is 24.3 Å². The number of nitrogens with two attached hydrogens (primary N) is 1. The summed E-state index contributed by atoms with van der Waals surface area (Å²) in [5, 5.41) is 0. The minimum absolute atomic E-state index is 0.0154. The van der Waals surface area contributed by atoms with Crippen LogP contribution in [0.3, 0.4) is 0 Å². The number of likely N-dealkylation sites (tertiary alicyclic amines) is 1. The molecule has 1 atom stereocenters. The van der Waals surface area contributed by atoms with Gasteiger partial charge in [-0.15, -0.1) is 0 Å². The molecule has 1 heterocycles. The highest BCUT2D eigenvalue weighted by molar-refractivity contribution is 5.76. The summed E-state index contributed by atoms with van der Waals surface area (Å²) in [4.78, 5) is 13.4. The van der Waals surface area contributed by atoms with Crippen LogP contribution in [-0.2, 0) is 4.79 Å². The van der Waals surface area contributed by atoms with Crippen LogP contribution >= 0.6 is 0 Å². The van der Waals surface area contributed by atoms with Crippen molar-refractivity contribution in [3.05, 3.63) is 35.6 Å². The minimum Gasteiger partial charge on any atom is -0.369 e. The zero-order valence-corrected chi connectivity index (χ0v) is 10.6. The number of piperidine rings is 1. The van der Waals surface area contributed by atoms with E-state index in [4.69, 9.17) is 5.73 Å². The molecule has 1 fully saturated rings. The summed E-state index contributed by atoms with van der Waals surface area (Å²) in [5.41, 5.74) is 6.42. The SMILES string of the molecule is C[C@@H](c1ccc(F)cc1)N1CCC(C(N)=O)CC1. The van der Waals surface area contributed by atoms with Crippen LogP contribution in [0.5, 0.6) is 0 Å². The van der Waals surface area contributed by atoms with Crippen molar-refractivity contribution in [3.8, 4) is 0 Å². The van der Waals surface area contributed by atoms with Crippen LogP contribution in [0.4, 0.5) is 4.39 Å². The summed E-state index contributed by atoms with van der Waals surface area (Å²) in [6.07, 6.45) is 1.64. The Morgan fingerprint density at radius 3 is 2.39 bits per heavy atom. The van der Waals surface area contributed by atoms with Gasteiger partial charge in [0.05, 0.1) is 0 Å². The maximum Gasteiger partial charge on any atom is 0.220 e. The van der Waals surface area contributed by atoms with Crippen molar-refractivity contribution >= 4 is 5.91 Å². The molecule has 1 aromatic carbocycles. The third kappa shape index (κ3) is 2.88. The zero-order valence-electron chi connectivity index (χ0n) is 10.6. The number of amides is 1. The first-order valence-corrected chi connectivity index (χ1v) is 6.37. The van der Waals surface area contributed by atoms with E-state index in [-0.39, 0.29) is 23.7 Å².